The number of benzene rings is 1. The number of likely N-dealkylation sites (tertiary alicyclic amines) is 2. The van der Waals surface area contributed by atoms with Crippen LogP contribution in [0.3, 0.4) is 0 Å². The second-order valence-electron chi connectivity index (χ2n) is 7.90. The van der Waals surface area contributed by atoms with E-state index in [1.165, 1.54) is 5.56 Å². The van der Waals surface area contributed by atoms with E-state index >= 15 is 0 Å². The number of carbonyl (C=O) groups is 2. The Kier molecular flexibility index (Phi) is 10.2. The van der Waals surface area contributed by atoms with Gasteiger partial charge in [-0.25, -0.2) is 0 Å². The summed E-state index contributed by atoms with van der Waals surface area (Å²) < 4.78 is 5.89. The third kappa shape index (κ3) is 8.96. The van der Waals surface area contributed by atoms with Gasteiger partial charge in [-0.15, -0.1) is 0 Å². The number of rotatable bonds is 5. The molecule has 6 nitrogen and oxygen atoms in total. The van der Waals surface area contributed by atoms with Crippen LogP contribution in [0.15, 0.2) is 30.3 Å². The molecule has 0 unspecified atom stereocenters. The summed E-state index contributed by atoms with van der Waals surface area (Å²) in [4.78, 5) is 25.6. The molecule has 1 aromatic carbocycles. The summed E-state index contributed by atoms with van der Waals surface area (Å²) in [5, 5.41) is 9.07. The van der Waals surface area contributed by atoms with E-state index in [2.05, 4.69) is 24.3 Å². The smallest absolute Gasteiger partial charge is 0.219 e. The lowest BCUT2D eigenvalue weighted by atomic mass is 10.1. The fraction of sp³-hybridized carbons (Fsp3) is 0.652. The van der Waals surface area contributed by atoms with Crippen LogP contribution >= 0.6 is 0 Å². The fourth-order valence-corrected chi connectivity index (χ4v) is 3.69. The molecule has 29 heavy (non-hydrogen) atoms. The highest BCUT2D eigenvalue weighted by atomic mass is 16.5. The van der Waals surface area contributed by atoms with E-state index in [1.807, 2.05) is 11.0 Å². The summed E-state index contributed by atoms with van der Waals surface area (Å²) in [5.41, 5.74) is 1.37. The minimum atomic E-state index is -0.185. The SMILES string of the molecule is CC(=O)N1CCC(O)CC1.CC(=O)N1CCC(OCCCc2ccccc2)CC1. The first-order valence-corrected chi connectivity index (χ1v) is 10.8. The number of amides is 2. The van der Waals surface area contributed by atoms with Crippen molar-refractivity contribution >= 4 is 11.8 Å². The molecule has 3 rings (SSSR count). The van der Waals surface area contributed by atoms with Gasteiger partial charge in [-0.1, -0.05) is 30.3 Å². The molecule has 0 saturated carbocycles. The third-order valence-electron chi connectivity index (χ3n) is 5.60. The van der Waals surface area contributed by atoms with E-state index in [0.717, 1.165) is 71.3 Å². The molecule has 0 atom stereocenters. The average Bonchev–Trinajstić information content (AvgIpc) is 2.73. The number of hydrogen-bond acceptors (Lipinski definition) is 4. The van der Waals surface area contributed by atoms with Gasteiger partial charge in [0.05, 0.1) is 12.2 Å². The maximum Gasteiger partial charge on any atom is 0.219 e. The van der Waals surface area contributed by atoms with Crippen molar-refractivity contribution < 1.29 is 19.4 Å². The van der Waals surface area contributed by atoms with Crippen LogP contribution < -0.4 is 0 Å². The predicted molar refractivity (Wildman–Crippen MR) is 113 cm³/mol. The van der Waals surface area contributed by atoms with Gasteiger partial charge in [0.15, 0.2) is 0 Å². The molecule has 1 N–H and O–H groups in total. The fourth-order valence-electron chi connectivity index (χ4n) is 3.69. The number of piperidine rings is 2. The standard InChI is InChI=1S/C16H23NO2.C7H13NO2/c1-14(18)17-11-9-16(10-12-17)19-13-5-8-15-6-3-2-4-7-15;1-6(9)8-4-2-7(10)3-5-8/h2-4,6-7,16H,5,8-13H2,1H3;7,10H,2-5H2,1H3. The van der Waals surface area contributed by atoms with Gasteiger partial charge in [0.1, 0.15) is 0 Å². The third-order valence-corrected chi connectivity index (χ3v) is 5.60. The average molecular weight is 405 g/mol. The highest BCUT2D eigenvalue weighted by Crippen LogP contribution is 2.14. The molecular formula is C23H36N2O4. The Balaban J connectivity index is 0.000000253. The van der Waals surface area contributed by atoms with Gasteiger partial charge in [0, 0.05) is 46.6 Å². The first kappa shape index (κ1) is 23.4. The van der Waals surface area contributed by atoms with Crippen molar-refractivity contribution in [3.8, 4) is 0 Å². The molecule has 2 aliphatic heterocycles. The Morgan fingerprint density at radius 1 is 0.931 bits per heavy atom. The number of carbonyl (C=O) groups excluding carboxylic acids is 2. The Labute approximate surface area is 174 Å². The summed E-state index contributed by atoms with van der Waals surface area (Å²) in [7, 11) is 0. The largest absolute Gasteiger partial charge is 0.393 e. The number of hydrogen-bond donors (Lipinski definition) is 1. The molecule has 2 fully saturated rings. The lowest BCUT2D eigenvalue weighted by molar-refractivity contribution is -0.132. The summed E-state index contributed by atoms with van der Waals surface area (Å²) in [6.07, 6.45) is 5.72. The molecule has 0 aromatic heterocycles. The van der Waals surface area contributed by atoms with E-state index in [4.69, 9.17) is 9.84 Å². The van der Waals surface area contributed by atoms with Gasteiger partial charge in [-0.3, -0.25) is 9.59 Å². The first-order valence-electron chi connectivity index (χ1n) is 10.8. The summed E-state index contributed by atoms with van der Waals surface area (Å²) >= 11 is 0. The second kappa shape index (κ2) is 12.6. The van der Waals surface area contributed by atoms with Crippen LogP contribution in [0.5, 0.6) is 0 Å². The molecule has 2 heterocycles. The van der Waals surface area contributed by atoms with E-state index in [0.29, 0.717) is 6.10 Å². The topological polar surface area (TPSA) is 70.1 Å². The molecule has 2 saturated heterocycles. The van der Waals surface area contributed by atoms with Crippen molar-refractivity contribution in [1.29, 1.82) is 0 Å². The quantitative estimate of drug-likeness (QED) is 0.766. The lowest BCUT2D eigenvalue weighted by Gasteiger charge is -2.31. The summed E-state index contributed by atoms with van der Waals surface area (Å²) in [6.45, 7) is 7.16. The monoisotopic (exact) mass is 404 g/mol. The van der Waals surface area contributed by atoms with Gasteiger partial charge in [0.2, 0.25) is 11.8 Å². The van der Waals surface area contributed by atoms with Crippen LogP contribution in [-0.4, -0.2) is 71.7 Å². The van der Waals surface area contributed by atoms with Crippen molar-refractivity contribution in [3.63, 3.8) is 0 Å². The normalized spacial score (nSPS) is 18.2. The minimum absolute atomic E-state index is 0.118. The van der Waals surface area contributed by atoms with Gasteiger partial charge >= 0.3 is 0 Å². The number of aryl methyl sites for hydroxylation is 1. The molecule has 2 aliphatic rings. The predicted octanol–water partition coefficient (Wildman–Crippen LogP) is 2.64. The van der Waals surface area contributed by atoms with Crippen molar-refractivity contribution in [1.82, 2.24) is 9.80 Å². The molecule has 1 aromatic rings. The van der Waals surface area contributed by atoms with Gasteiger partial charge in [-0.2, -0.15) is 0 Å². The zero-order valence-electron chi connectivity index (χ0n) is 17.9. The van der Waals surface area contributed by atoms with Crippen molar-refractivity contribution in [3.05, 3.63) is 35.9 Å². The van der Waals surface area contributed by atoms with Crippen LogP contribution in [0, 0.1) is 0 Å². The number of aliphatic hydroxyl groups is 1. The Hall–Kier alpha value is -1.92. The number of nitrogens with zero attached hydrogens (tertiary/aromatic N) is 2. The van der Waals surface area contributed by atoms with E-state index in [1.54, 1.807) is 18.7 Å². The zero-order valence-corrected chi connectivity index (χ0v) is 17.9. The van der Waals surface area contributed by atoms with E-state index < -0.39 is 0 Å². The number of aliphatic hydroxyl groups excluding tert-OH is 1. The first-order chi connectivity index (χ1) is 14.0. The van der Waals surface area contributed by atoms with Crippen LogP contribution in [0.2, 0.25) is 0 Å². The van der Waals surface area contributed by atoms with Crippen molar-refractivity contribution in [2.45, 2.75) is 64.6 Å². The lowest BCUT2D eigenvalue weighted by Crippen LogP contribution is -2.39. The maximum absolute atomic E-state index is 11.2. The zero-order chi connectivity index (χ0) is 21.1. The Morgan fingerprint density at radius 3 is 1.97 bits per heavy atom. The van der Waals surface area contributed by atoms with Gasteiger partial charge < -0.3 is 19.6 Å². The second-order valence-corrected chi connectivity index (χ2v) is 7.90. The Morgan fingerprint density at radius 2 is 1.45 bits per heavy atom. The van der Waals surface area contributed by atoms with Crippen molar-refractivity contribution in [2.24, 2.45) is 0 Å². The van der Waals surface area contributed by atoms with Crippen LogP contribution in [-0.2, 0) is 20.7 Å². The molecule has 0 bridgehead atoms. The Bertz CT molecular complexity index is 607. The van der Waals surface area contributed by atoms with Crippen molar-refractivity contribution in [2.75, 3.05) is 32.8 Å². The van der Waals surface area contributed by atoms with Crippen LogP contribution in [0.1, 0.15) is 51.5 Å². The van der Waals surface area contributed by atoms with E-state index in [9.17, 15) is 9.59 Å². The minimum Gasteiger partial charge on any atom is -0.393 e. The number of ether oxygens (including phenoxy) is 1. The highest BCUT2D eigenvalue weighted by Gasteiger charge is 2.20. The summed E-state index contributed by atoms with van der Waals surface area (Å²) in [5.74, 6) is 0.300. The molecule has 2 amide bonds. The van der Waals surface area contributed by atoms with Crippen LogP contribution in [0.25, 0.3) is 0 Å². The van der Waals surface area contributed by atoms with E-state index in [-0.39, 0.29) is 17.9 Å². The molecule has 162 valence electrons. The molecule has 0 radical (unpaired) electrons. The van der Waals surface area contributed by atoms with Gasteiger partial charge in [-0.05, 0) is 44.1 Å². The molecule has 0 aliphatic carbocycles. The van der Waals surface area contributed by atoms with Gasteiger partial charge in [0.25, 0.3) is 0 Å². The maximum atomic E-state index is 11.2. The van der Waals surface area contributed by atoms with Crippen LogP contribution in [0.4, 0.5) is 0 Å². The summed E-state index contributed by atoms with van der Waals surface area (Å²) in [6, 6.07) is 10.5. The molecule has 0 spiro atoms. The molecular weight excluding hydrogens is 368 g/mol. The highest BCUT2D eigenvalue weighted by molar-refractivity contribution is 5.73. The molecule has 6 heteroatoms.